The number of fused-ring (bicyclic) bond motifs is 1. The maximum absolute atomic E-state index is 12.8. The lowest BCUT2D eigenvalue weighted by Gasteiger charge is -2.27. The highest BCUT2D eigenvalue weighted by molar-refractivity contribution is 5.85. The fraction of sp³-hybridized carbons (Fsp3) is 0.350. The van der Waals surface area contributed by atoms with Gasteiger partial charge in [-0.15, -0.1) is 12.4 Å². The molecule has 0 bridgehead atoms. The maximum Gasteiger partial charge on any atom is 0.227 e. The molecule has 5 nitrogen and oxygen atoms in total. The van der Waals surface area contributed by atoms with Gasteiger partial charge in [-0.2, -0.15) is 0 Å². The molecule has 6 heteroatoms. The van der Waals surface area contributed by atoms with E-state index in [-0.39, 0.29) is 24.4 Å². The smallest absolute Gasteiger partial charge is 0.227 e. The number of nitrogen functional groups attached to an aromatic ring is 1. The fourth-order valence-electron chi connectivity index (χ4n) is 3.59. The third-order valence-corrected chi connectivity index (χ3v) is 4.86. The van der Waals surface area contributed by atoms with Crippen molar-refractivity contribution in [3.63, 3.8) is 0 Å². The van der Waals surface area contributed by atoms with E-state index in [0.717, 1.165) is 42.0 Å². The van der Waals surface area contributed by atoms with E-state index in [4.69, 9.17) is 15.2 Å². The van der Waals surface area contributed by atoms with Gasteiger partial charge in [0, 0.05) is 12.2 Å². The highest BCUT2D eigenvalue weighted by Crippen LogP contribution is 2.38. The first-order valence-electron chi connectivity index (χ1n) is 8.74. The quantitative estimate of drug-likeness (QED) is 0.836. The van der Waals surface area contributed by atoms with Crippen molar-refractivity contribution < 1.29 is 14.3 Å². The molecule has 1 atom stereocenters. The minimum absolute atomic E-state index is 0. The van der Waals surface area contributed by atoms with Gasteiger partial charge in [0.2, 0.25) is 5.91 Å². The average Bonchev–Trinajstić information content (AvgIpc) is 3.13. The van der Waals surface area contributed by atoms with Gasteiger partial charge in [-0.3, -0.25) is 4.79 Å². The predicted molar refractivity (Wildman–Crippen MR) is 103 cm³/mol. The number of hydrogen-bond acceptors (Lipinski definition) is 4. The van der Waals surface area contributed by atoms with Gasteiger partial charge in [-0.1, -0.05) is 18.2 Å². The second-order valence-corrected chi connectivity index (χ2v) is 6.57. The zero-order valence-electron chi connectivity index (χ0n) is 14.5. The van der Waals surface area contributed by atoms with Crippen LogP contribution >= 0.6 is 12.4 Å². The fourth-order valence-corrected chi connectivity index (χ4v) is 3.59. The molecule has 1 saturated heterocycles. The minimum Gasteiger partial charge on any atom is -0.486 e. The van der Waals surface area contributed by atoms with E-state index in [1.54, 1.807) is 0 Å². The van der Waals surface area contributed by atoms with E-state index < -0.39 is 0 Å². The molecule has 2 N–H and O–H groups in total. The molecule has 2 aliphatic heterocycles. The van der Waals surface area contributed by atoms with Crippen LogP contribution in [0, 0.1) is 0 Å². The Kier molecular flexibility index (Phi) is 5.57. The molecule has 0 aromatic heterocycles. The van der Waals surface area contributed by atoms with Crippen molar-refractivity contribution in [2.24, 2.45) is 0 Å². The molecule has 2 aromatic rings. The number of nitrogens with zero attached hydrogens (tertiary/aromatic N) is 1. The summed E-state index contributed by atoms with van der Waals surface area (Å²) >= 11 is 0. The van der Waals surface area contributed by atoms with Crippen LogP contribution in [-0.2, 0) is 11.2 Å². The van der Waals surface area contributed by atoms with Gasteiger partial charge < -0.3 is 20.1 Å². The Morgan fingerprint density at radius 3 is 2.58 bits per heavy atom. The van der Waals surface area contributed by atoms with Crippen molar-refractivity contribution in [1.82, 2.24) is 4.90 Å². The monoisotopic (exact) mass is 374 g/mol. The van der Waals surface area contributed by atoms with Gasteiger partial charge >= 0.3 is 0 Å². The summed E-state index contributed by atoms with van der Waals surface area (Å²) in [6, 6.07) is 13.6. The molecule has 0 radical (unpaired) electrons. The molecule has 1 amide bonds. The summed E-state index contributed by atoms with van der Waals surface area (Å²) in [5.41, 5.74) is 8.54. The third kappa shape index (κ3) is 3.73. The van der Waals surface area contributed by atoms with Crippen LogP contribution in [0.3, 0.4) is 0 Å². The van der Waals surface area contributed by atoms with Crippen molar-refractivity contribution in [1.29, 1.82) is 0 Å². The summed E-state index contributed by atoms with van der Waals surface area (Å²) in [4.78, 5) is 14.8. The van der Waals surface area contributed by atoms with Crippen LogP contribution in [0.5, 0.6) is 11.5 Å². The Labute approximate surface area is 159 Å². The Morgan fingerprint density at radius 2 is 1.81 bits per heavy atom. The number of benzene rings is 2. The first kappa shape index (κ1) is 18.4. The van der Waals surface area contributed by atoms with Gasteiger partial charge in [0.15, 0.2) is 11.5 Å². The largest absolute Gasteiger partial charge is 0.486 e. The summed E-state index contributed by atoms with van der Waals surface area (Å²) in [7, 11) is 0. The predicted octanol–water partition coefficient (Wildman–Crippen LogP) is 3.37. The maximum atomic E-state index is 12.8. The second-order valence-electron chi connectivity index (χ2n) is 6.57. The minimum atomic E-state index is 0. The zero-order valence-corrected chi connectivity index (χ0v) is 15.3. The second kappa shape index (κ2) is 7.87. The lowest BCUT2D eigenvalue weighted by Crippen LogP contribution is -2.32. The number of carbonyl (C=O) groups excluding carboxylic acids is 1. The number of ether oxygens (including phenoxy) is 2. The molecule has 138 valence electrons. The highest BCUT2D eigenvalue weighted by atomic mass is 35.5. The number of carbonyl (C=O) groups is 1. The molecule has 2 aromatic carbocycles. The highest BCUT2D eigenvalue weighted by Gasteiger charge is 2.30. The van der Waals surface area contributed by atoms with Crippen LogP contribution in [0.1, 0.15) is 30.0 Å². The first-order valence-corrected chi connectivity index (χ1v) is 8.74. The van der Waals surface area contributed by atoms with Crippen molar-refractivity contribution >= 4 is 24.0 Å². The van der Waals surface area contributed by atoms with Gasteiger partial charge in [-0.25, -0.2) is 0 Å². The molecule has 0 saturated carbocycles. The SMILES string of the molecule is Cl.Nc1ccc(CC(=O)N2CCCC2c2ccc3c(c2)OCCO3)cc1. The number of rotatable bonds is 3. The molecule has 0 aliphatic carbocycles. The molecule has 1 unspecified atom stereocenters. The van der Waals surface area contributed by atoms with Crippen molar-refractivity contribution in [3.05, 3.63) is 53.6 Å². The van der Waals surface area contributed by atoms with E-state index in [9.17, 15) is 4.79 Å². The molecule has 26 heavy (non-hydrogen) atoms. The lowest BCUT2D eigenvalue weighted by molar-refractivity contribution is -0.131. The Morgan fingerprint density at radius 1 is 1.08 bits per heavy atom. The Hall–Kier alpha value is -2.40. The summed E-state index contributed by atoms with van der Waals surface area (Å²) in [6.45, 7) is 1.95. The molecular formula is C20H23ClN2O3. The third-order valence-electron chi connectivity index (χ3n) is 4.86. The molecular weight excluding hydrogens is 352 g/mol. The van der Waals surface area contributed by atoms with Crippen LogP contribution < -0.4 is 15.2 Å². The van der Waals surface area contributed by atoms with Gasteiger partial charge in [0.05, 0.1) is 12.5 Å². The van der Waals surface area contributed by atoms with Crippen LogP contribution in [-0.4, -0.2) is 30.6 Å². The summed E-state index contributed by atoms with van der Waals surface area (Å²) in [6.07, 6.45) is 2.40. The van der Waals surface area contributed by atoms with Crippen LogP contribution in [0.25, 0.3) is 0 Å². The number of nitrogens with two attached hydrogens (primary N) is 1. The Balaban J connectivity index is 0.00000196. The average molecular weight is 375 g/mol. The number of likely N-dealkylation sites (tertiary alicyclic amines) is 1. The molecule has 0 spiro atoms. The summed E-state index contributed by atoms with van der Waals surface area (Å²) in [5, 5.41) is 0. The van der Waals surface area contributed by atoms with E-state index in [0.29, 0.717) is 25.3 Å². The van der Waals surface area contributed by atoms with E-state index >= 15 is 0 Å². The van der Waals surface area contributed by atoms with E-state index in [1.165, 1.54) is 0 Å². The Bertz CT molecular complexity index is 779. The molecule has 4 rings (SSSR count). The number of hydrogen-bond donors (Lipinski definition) is 1. The molecule has 1 fully saturated rings. The van der Waals surface area contributed by atoms with Crippen LogP contribution in [0.2, 0.25) is 0 Å². The summed E-state index contributed by atoms with van der Waals surface area (Å²) in [5.74, 6) is 1.72. The standard InChI is InChI=1S/C20H22N2O3.ClH/c21-16-6-3-14(4-7-16)12-20(23)22-9-1-2-17(22)15-5-8-18-19(13-15)25-11-10-24-18;/h3-8,13,17H,1-2,9-12,21H2;1H. The van der Waals surface area contributed by atoms with Crippen LogP contribution in [0.4, 0.5) is 5.69 Å². The van der Waals surface area contributed by atoms with E-state index in [2.05, 4.69) is 0 Å². The first-order chi connectivity index (χ1) is 12.2. The summed E-state index contributed by atoms with van der Waals surface area (Å²) < 4.78 is 11.3. The van der Waals surface area contributed by atoms with Gasteiger partial charge in [0.1, 0.15) is 13.2 Å². The lowest BCUT2D eigenvalue weighted by atomic mass is 10.0. The van der Waals surface area contributed by atoms with Crippen LogP contribution in [0.15, 0.2) is 42.5 Å². The number of anilines is 1. The number of halogens is 1. The normalized spacial score (nSPS) is 18.3. The zero-order chi connectivity index (χ0) is 17.2. The van der Waals surface area contributed by atoms with Crippen molar-refractivity contribution in [3.8, 4) is 11.5 Å². The molecule has 2 aliphatic rings. The number of amides is 1. The van der Waals surface area contributed by atoms with E-state index in [1.807, 2.05) is 47.4 Å². The van der Waals surface area contributed by atoms with Gasteiger partial charge in [0.25, 0.3) is 0 Å². The van der Waals surface area contributed by atoms with Crippen molar-refractivity contribution in [2.75, 3.05) is 25.5 Å². The molecule has 2 heterocycles. The van der Waals surface area contributed by atoms with Crippen molar-refractivity contribution in [2.45, 2.75) is 25.3 Å². The topological polar surface area (TPSA) is 64.8 Å². The van der Waals surface area contributed by atoms with Gasteiger partial charge in [-0.05, 0) is 48.2 Å².